The number of hydrogen-bond donors (Lipinski definition) is 0. The zero-order valence-electron chi connectivity index (χ0n) is 15.6. The quantitative estimate of drug-likeness (QED) is 0.449. The summed E-state index contributed by atoms with van der Waals surface area (Å²) >= 11 is 0. The molecule has 1 heterocycles. The second-order valence-electron chi connectivity index (χ2n) is 6.41. The van der Waals surface area contributed by atoms with E-state index < -0.39 is 0 Å². The van der Waals surface area contributed by atoms with Crippen molar-refractivity contribution in [1.82, 2.24) is 10.2 Å². The van der Waals surface area contributed by atoms with Crippen LogP contribution in [0.25, 0.3) is 22.6 Å². The van der Waals surface area contributed by atoms with Gasteiger partial charge < -0.3 is 9.15 Å². The Morgan fingerprint density at radius 3 is 2.08 bits per heavy atom. The number of aromatic nitrogens is 2. The highest BCUT2D eigenvalue weighted by molar-refractivity contribution is 5.67. The van der Waals surface area contributed by atoms with E-state index in [1.165, 1.54) is 12.8 Å². The maximum absolute atomic E-state index is 5.77. The Balaban J connectivity index is 1.64. The third kappa shape index (κ3) is 4.72. The molecule has 0 amide bonds. The summed E-state index contributed by atoms with van der Waals surface area (Å²) in [6, 6.07) is 16.5. The molecule has 0 bridgehead atoms. The molecule has 0 fully saturated rings. The van der Waals surface area contributed by atoms with Crippen molar-refractivity contribution in [2.45, 2.75) is 46.0 Å². The van der Waals surface area contributed by atoms with Gasteiger partial charge in [-0.15, -0.1) is 10.2 Å². The van der Waals surface area contributed by atoms with Gasteiger partial charge in [-0.2, -0.15) is 0 Å². The van der Waals surface area contributed by atoms with Crippen LogP contribution in [0.1, 0.15) is 45.4 Å². The van der Waals surface area contributed by atoms with E-state index in [4.69, 9.17) is 9.15 Å². The van der Waals surface area contributed by atoms with Crippen molar-refractivity contribution < 1.29 is 9.15 Å². The topological polar surface area (TPSA) is 48.2 Å². The highest BCUT2D eigenvalue weighted by Gasteiger charge is 2.08. The second kappa shape index (κ2) is 9.18. The van der Waals surface area contributed by atoms with Gasteiger partial charge in [-0.3, -0.25) is 0 Å². The summed E-state index contributed by atoms with van der Waals surface area (Å²) in [6.07, 6.45) is 5.35. The van der Waals surface area contributed by atoms with Crippen molar-refractivity contribution in [2.75, 3.05) is 6.61 Å². The van der Waals surface area contributed by atoms with Crippen LogP contribution in [0.2, 0.25) is 0 Å². The average molecular weight is 350 g/mol. The lowest BCUT2D eigenvalue weighted by atomic mass is 10.0. The minimum Gasteiger partial charge on any atom is -0.494 e. The van der Waals surface area contributed by atoms with E-state index >= 15 is 0 Å². The molecule has 0 saturated heterocycles. The van der Waals surface area contributed by atoms with Gasteiger partial charge in [-0.1, -0.05) is 51.0 Å². The molecular formula is C22H26N2O2. The average Bonchev–Trinajstić information content (AvgIpc) is 3.15. The highest BCUT2D eigenvalue weighted by Crippen LogP contribution is 2.26. The van der Waals surface area contributed by atoms with Crippen LogP contribution in [0.15, 0.2) is 52.9 Å². The van der Waals surface area contributed by atoms with Gasteiger partial charge >= 0.3 is 0 Å². The molecule has 0 saturated carbocycles. The molecule has 0 aliphatic carbocycles. The molecule has 4 heteroatoms. The Morgan fingerprint density at radius 2 is 1.42 bits per heavy atom. The number of nitrogens with zero attached hydrogens (tertiary/aromatic N) is 2. The third-order valence-corrected chi connectivity index (χ3v) is 4.27. The molecular weight excluding hydrogens is 324 g/mol. The predicted molar refractivity (Wildman–Crippen MR) is 104 cm³/mol. The van der Waals surface area contributed by atoms with Crippen LogP contribution in [0.4, 0.5) is 0 Å². The van der Waals surface area contributed by atoms with Gasteiger partial charge in [0.15, 0.2) is 0 Å². The number of ether oxygens (including phenoxy) is 1. The fourth-order valence-corrected chi connectivity index (χ4v) is 2.78. The van der Waals surface area contributed by atoms with Crippen LogP contribution in [0, 0.1) is 0 Å². The first-order chi connectivity index (χ1) is 12.8. The predicted octanol–water partition coefficient (Wildman–Crippen LogP) is 5.93. The number of unbranched alkanes of at least 4 members (excludes halogenated alkanes) is 2. The molecule has 4 nitrogen and oxygen atoms in total. The van der Waals surface area contributed by atoms with Crippen LogP contribution in [0.5, 0.6) is 5.75 Å². The molecule has 0 atom stereocenters. The van der Waals surface area contributed by atoms with Crippen LogP contribution in [-0.4, -0.2) is 16.8 Å². The highest BCUT2D eigenvalue weighted by atomic mass is 16.5. The zero-order chi connectivity index (χ0) is 18.2. The molecule has 0 aliphatic heterocycles. The number of rotatable bonds is 9. The second-order valence-corrected chi connectivity index (χ2v) is 6.41. The molecule has 3 rings (SSSR count). The smallest absolute Gasteiger partial charge is 0.247 e. The van der Waals surface area contributed by atoms with Crippen molar-refractivity contribution >= 4 is 0 Å². The fourth-order valence-electron chi connectivity index (χ4n) is 2.78. The molecule has 3 aromatic rings. The first kappa shape index (κ1) is 18.2. The molecule has 0 aliphatic rings. The van der Waals surface area contributed by atoms with Gasteiger partial charge in [-0.05, 0) is 48.2 Å². The van der Waals surface area contributed by atoms with E-state index in [9.17, 15) is 0 Å². The first-order valence-electron chi connectivity index (χ1n) is 9.46. The van der Waals surface area contributed by atoms with Crippen molar-refractivity contribution in [1.29, 1.82) is 0 Å². The summed E-state index contributed by atoms with van der Waals surface area (Å²) in [5.74, 6) is 2.20. The Kier molecular flexibility index (Phi) is 6.42. The van der Waals surface area contributed by atoms with Crippen molar-refractivity contribution in [3.63, 3.8) is 0 Å². The summed E-state index contributed by atoms with van der Waals surface area (Å²) in [5.41, 5.74) is 3.26. The summed E-state index contributed by atoms with van der Waals surface area (Å²) in [6.45, 7) is 5.08. The van der Waals surface area contributed by atoms with E-state index in [0.29, 0.717) is 11.8 Å². The lowest BCUT2D eigenvalue weighted by Crippen LogP contribution is -1.96. The van der Waals surface area contributed by atoms with Gasteiger partial charge in [0, 0.05) is 12.0 Å². The fraction of sp³-hybridized carbons (Fsp3) is 0.364. The molecule has 2 aromatic carbocycles. The Labute approximate surface area is 155 Å². The van der Waals surface area contributed by atoms with Crippen molar-refractivity contribution in [2.24, 2.45) is 0 Å². The lowest BCUT2D eigenvalue weighted by molar-refractivity contribution is 0.306. The van der Waals surface area contributed by atoms with E-state index in [0.717, 1.165) is 48.3 Å². The number of benzene rings is 2. The van der Waals surface area contributed by atoms with Gasteiger partial charge in [0.05, 0.1) is 6.61 Å². The molecule has 0 radical (unpaired) electrons. The number of hydrogen-bond acceptors (Lipinski definition) is 4. The standard InChI is InChI=1S/C22H26N2O2/c1-3-5-6-16-25-20-14-12-18(13-15-20)17-8-10-19(11-9-17)22-24-23-21(26-22)7-4-2/h8-15H,3-7,16H2,1-2H3. The molecule has 1 aromatic heterocycles. The van der Waals surface area contributed by atoms with Crippen molar-refractivity contribution in [3.8, 4) is 28.3 Å². The van der Waals surface area contributed by atoms with Crippen molar-refractivity contribution in [3.05, 3.63) is 54.4 Å². The SMILES string of the molecule is CCCCCOc1ccc(-c2ccc(-c3nnc(CCC)o3)cc2)cc1. The lowest BCUT2D eigenvalue weighted by Gasteiger charge is -2.07. The normalized spacial score (nSPS) is 10.8. The van der Waals surface area contributed by atoms with Crippen LogP contribution in [0.3, 0.4) is 0 Å². The Hall–Kier alpha value is -2.62. The molecule has 26 heavy (non-hydrogen) atoms. The summed E-state index contributed by atoms with van der Waals surface area (Å²) < 4.78 is 11.5. The maximum atomic E-state index is 5.77. The summed E-state index contributed by atoms with van der Waals surface area (Å²) in [5, 5.41) is 8.21. The monoisotopic (exact) mass is 350 g/mol. The van der Waals surface area contributed by atoms with Gasteiger partial charge in [0.2, 0.25) is 11.8 Å². The first-order valence-corrected chi connectivity index (χ1v) is 9.46. The molecule has 136 valence electrons. The Morgan fingerprint density at radius 1 is 0.769 bits per heavy atom. The van der Waals surface area contributed by atoms with E-state index in [2.05, 4.69) is 48.3 Å². The molecule has 0 unspecified atom stereocenters. The van der Waals surface area contributed by atoms with Crippen LogP contribution < -0.4 is 4.74 Å². The van der Waals surface area contributed by atoms with E-state index in [-0.39, 0.29) is 0 Å². The largest absolute Gasteiger partial charge is 0.494 e. The molecule has 0 N–H and O–H groups in total. The van der Waals surface area contributed by atoms with Crippen LogP contribution in [-0.2, 0) is 6.42 Å². The molecule has 0 spiro atoms. The number of aryl methyl sites for hydroxylation is 1. The maximum Gasteiger partial charge on any atom is 0.247 e. The Bertz CT molecular complexity index is 792. The zero-order valence-corrected chi connectivity index (χ0v) is 15.6. The summed E-state index contributed by atoms with van der Waals surface area (Å²) in [7, 11) is 0. The van der Waals surface area contributed by atoms with Gasteiger partial charge in [0.25, 0.3) is 0 Å². The van der Waals surface area contributed by atoms with E-state index in [1.54, 1.807) is 0 Å². The van der Waals surface area contributed by atoms with Crippen LogP contribution >= 0.6 is 0 Å². The summed E-state index contributed by atoms with van der Waals surface area (Å²) in [4.78, 5) is 0. The van der Waals surface area contributed by atoms with Gasteiger partial charge in [0.1, 0.15) is 5.75 Å². The minimum atomic E-state index is 0.579. The van der Waals surface area contributed by atoms with E-state index in [1.807, 2.05) is 24.3 Å². The van der Waals surface area contributed by atoms with Gasteiger partial charge in [-0.25, -0.2) is 0 Å². The minimum absolute atomic E-state index is 0.579. The third-order valence-electron chi connectivity index (χ3n) is 4.27.